The molecule has 0 spiro atoms. The van der Waals surface area contributed by atoms with Gasteiger partial charge in [0, 0.05) is 0 Å². The summed E-state index contributed by atoms with van der Waals surface area (Å²) in [5.74, 6) is -2.70. The van der Waals surface area contributed by atoms with E-state index in [0.29, 0.717) is 0 Å². The summed E-state index contributed by atoms with van der Waals surface area (Å²) in [5, 5.41) is 28.1. The molecule has 0 unspecified atom stereocenters. The summed E-state index contributed by atoms with van der Waals surface area (Å²) < 4.78 is 4.84. The number of rotatable bonds is 2. The van der Waals surface area contributed by atoms with Crippen LogP contribution in [0.25, 0.3) is 11.0 Å². The Kier molecular flexibility index (Phi) is 2.05. The van der Waals surface area contributed by atoms with Crippen LogP contribution in [0.1, 0.15) is 20.7 Å². The van der Waals surface area contributed by atoms with Gasteiger partial charge in [0.25, 0.3) is 0 Å². The summed E-state index contributed by atoms with van der Waals surface area (Å²) in [5.41, 5.74) is -1.27. The molecule has 16 heavy (non-hydrogen) atoms. The van der Waals surface area contributed by atoms with Crippen LogP contribution in [0.5, 0.6) is 11.5 Å². The molecule has 2 rings (SSSR count). The minimum atomic E-state index is -1.50. The minimum Gasteiger partial charge on any atom is -0.506 e. The predicted octanol–water partition coefficient (Wildman–Crippen LogP) is 1.35. The van der Waals surface area contributed by atoms with Gasteiger partial charge in [-0.25, -0.2) is 4.79 Å². The molecular weight excluding hydrogens is 216 g/mol. The fourth-order valence-electron chi connectivity index (χ4n) is 1.51. The van der Waals surface area contributed by atoms with Gasteiger partial charge in [-0.2, -0.15) is 0 Å². The van der Waals surface area contributed by atoms with Crippen molar-refractivity contribution < 1.29 is 29.3 Å². The maximum absolute atomic E-state index is 10.9. The maximum atomic E-state index is 10.9. The molecule has 0 aliphatic carbocycles. The molecule has 0 amide bonds. The van der Waals surface area contributed by atoms with Gasteiger partial charge in [-0.3, -0.25) is 4.79 Å². The van der Waals surface area contributed by atoms with Gasteiger partial charge in [0.05, 0.1) is 17.2 Å². The molecule has 2 aromatic rings. The Bertz CT molecular complexity index is 595. The SMILES string of the molecule is O=Cc1c(C(=O)O)c(O)c2ccoc2c1O. The predicted molar refractivity (Wildman–Crippen MR) is 51.9 cm³/mol. The number of furan rings is 1. The first-order valence-electron chi connectivity index (χ1n) is 4.21. The van der Waals surface area contributed by atoms with Crippen molar-refractivity contribution in [1.29, 1.82) is 0 Å². The topological polar surface area (TPSA) is 108 Å². The summed E-state index contributed by atoms with van der Waals surface area (Å²) in [4.78, 5) is 21.6. The number of hydrogen-bond donors (Lipinski definition) is 3. The molecule has 0 saturated heterocycles. The average molecular weight is 222 g/mol. The summed E-state index contributed by atoms with van der Waals surface area (Å²) in [6.07, 6.45) is 1.32. The number of carbonyl (C=O) groups excluding carboxylic acids is 1. The monoisotopic (exact) mass is 222 g/mol. The molecule has 1 heterocycles. The number of carboxylic acids is 1. The third-order valence-corrected chi connectivity index (χ3v) is 2.23. The molecule has 3 N–H and O–H groups in total. The van der Waals surface area contributed by atoms with E-state index in [-0.39, 0.29) is 17.3 Å². The van der Waals surface area contributed by atoms with Crippen LogP contribution in [0.4, 0.5) is 0 Å². The standard InChI is InChI=1S/C10H6O6/c11-3-5-6(10(14)15)7(12)4-1-2-16-9(4)8(5)13/h1-3,12-13H,(H,14,15). The Morgan fingerprint density at radius 3 is 2.56 bits per heavy atom. The van der Waals surface area contributed by atoms with Crippen molar-refractivity contribution >= 4 is 23.2 Å². The second-order valence-electron chi connectivity index (χ2n) is 3.07. The van der Waals surface area contributed by atoms with E-state index >= 15 is 0 Å². The molecule has 0 atom stereocenters. The Hall–Kier alpha value is -2.50. The number of carboxylic acid groups (broad SMARTS) is 1. The Labute approximate surface area is 88.3 Å². The molecule has 6 heteroatoms. The van der Waals surface area contributed by atoms with E-state index in [1.807, 2.05) is 0 Å². The lowest BCUT2D eigenvalue weighted by Gasteiger charge is -2.06. The number of phenols is 2. The van der Waals surface area contributed by atoms with Gasteiger partial charge in [-0.15, -0.1) is 0 Å². The maximum Gasteiger partial charge on any atom is 0.340 e. The van der Waals surface area contributed by atoms with Gasteiger partial charge in [-0.1, -0.05) is 0 Å². The van der Waals surface area contributed by atoms with Crippen molar-refractivity contribution in [1.82, 2.24) is 0 Å². The molecule has 0 saturated carbocycles. The van der Waals surface area contributed by atoms with Crippen LogP contribution in [0, 0.1) is 0 Å². The van der Waals surface area contributed by atoms with Gasteiger partial charge in [0.1, 0.15) is 11.3 Å². The third kappa shape index (κ3) is 1.13. The first-order chi connectivity index (χ1) is 7.57. The molecule has 0 bridgehead atoms. The van der Waals surface area contributed by atoms with E-state index in [2.05, 4.69) is 0 Å². The van der Waals surface area contributed by atoms with Crippen LogP contribution in [-0.4, -0.2) is 27.6 Å². The van der Waals surface area contributed by atoms with Gasteiger partial charge in [0.2, 0.25) is 0 Å². The second-order valence-corrected chi connectivity index (χ2v) is 3.07. The first kappa shape index (κ1) is 10.0. The van der Waals surface area contributed by atoms with E-state index < -0.39 is 28.6 Å². The highest BCUT2D eigenvalue weighted by atomic mass is 16.4. The fraction of sp³-hybridized carbons (Fsp3) is 0. The Balaban J connectivity index is 3.02. The Morgan fingerprint density at radius 1 is 1.31 bits per heavy atom. The van der Waals surface area contributed by atoms with Crippen LogP contribution < -0.4 is 0 Å². The lowest BCUT2D eigenvalue weighted by Crippen LogP contribution is -2.03. The van der Waals surface area contributed by atoms with Crippen molar-refractivity contribution in [3.63, 3.8) is 0 Å². The number of aromatic hydroxyl groups is 2. The van der Waals surface area contributed by atoms with Crippen molar-refractivity contribution in [3.05, 3.63) is 23.5 Å². The van der Waals surface area contributed by atoms with Crippen LogP contribution in [0.15, 0.2) is 16.7 Å². The zero-order valence-corrected chi connectivity index (χ0v) is 7.80. The van der Waals surface area contributed by atoms with Crippen LogP contribution in [-0.2, 0) is 0 Å². The van der Waals surface area contributed by atoms with Crippen molar-refractivity contribution in [3.8, 4) is 11.5 Å². The van der Waals surface area contributed by atoms with Crippen molar-refractivity contribution in [2.75, 3.05) is 0 Å². The first-order valence-corrected chi connectivity index (χ1v) is 4.21. The number of aromatic carboxylic acids is 1. The summed E-state index contributed by atoms with van der Waals surface area (Å²) >= 11 is 0. The largest absolute Gasteiger partial charge is 0.506 e. The van der Waals surface area contributed by atoms with E-state index in [4.69, 9.17) is 9.52 Å². The highest BCUT2D eigenvalue weighted by molar-refractivity contribution is 6.09. The van der Waals surface area contributed by atoms with E-state index in [0.717, 1.165) is 0 Å². The van der Waals surface area contributed by atoms with E-state index in [1.54, 1.807) is 0 Å². The van der Waals surface area contributed by atoms with Gasteiger partial charge >= 0.3 is 5.97 Å². The number of hydrogen-bond acceptors (Lipinski definition) is 5. The lowest BCUT2D eigenvalue weighted by atomic mass is 10.0. The van der Waals surface area contributed by atoms with Gasteiger partial charge < -0.3 is 19.7 Å². The molecular formula is C10H6O6. The summed E-state index contributed by atoms with van der Waals surface area (Å²) in [6, 6.07) is 1.30. The highest BCUT2D eigenvalue weighted by Crippen LogP contribution is 2.39. The molecule has 1 aromatic carbocycles. The molecule has 6 nitrogen and oxygen atoms in total. The lowest BCUT2D eigenvalue weighted by molar-refractivity contribution is 0.0690. The number of carbonyl (C=O) groups is 2. The van der Waals surface area contributed by atoms with Gasteiger partial charge in [-0.05, 0) is 6.07 Å². The molecule has 0 radical (unpaired) electrons. The Morgan fingerprint density at radius 2 is 2.00 bits per heavy atom. The minimum absolute atomic E-state index is 0.0421. The molecule has 1 aromatic heterocycles. The second kappa shape index (κ2) is 3.27. The number of aldehydes is 1. The summed E-state index contributed by atoms with van der Waals surface area (Å²) in [7, 11) is 0. The smallest absolute Gasteiger partial charge is 0.340 e. The van der Waals surface area contributed by atoms with Gasteiger partial charge in [0.15, 0.2) is 17.6 Å². The number of phenolic OH excluding ortho intramolecular Hbond substituents is 1. The zero-order chi connectivity index (χ0) is 11.9. The quantitative estimate of drug-likeness (QED) is 0.522. The van der Waals surface area contributed by atoms with Crippen LogP contribution in [0.2, 0.25) is 0 Å². The van der Waals surface area contributed by atoms with Crippen LogP contribution >= 0.6 is 0 Å². The van der Waals surface area contributed by atoms with Crippen molar-refractivity contribution in [2.24, 2.45) is 0 Å². The van der Waals surface area contributed by atoms with Crippen LogP contribution in [0.3, 0.4) is 0 Å². The average Bonchev–Trinajstić information content (AvgIpc) is 2.71. The third-order valence-electron chi connectivity index (χ3n) is 2.23. The molecule has 0 aliphatic heterocycles. The summed E-state index contributed by atoms with van der Waals surface area (Å²) in [6.45, 7) is 0. The zero-order valence-electron chi connectivity index (χ0n) is 7.80. The number of benzene rings is 1. The normalized spacial score (nSPS) is 10.5. The van der Waals surface area contributed by atoms with E-state index in [1.165, 1.54) is 12.3 Å². The van der Waals surface area contributed by atoms with E-state index in [9.17, 15) is 19.8 Å². The number of fused-ring (bicyclic) bond motifs is 1. The molecule has 82 valence electrons. The van der Waals surface area contributed by atoms with Crippen molar-refractivity contribution in [2.45, 2.75) is 0 Å². The molecule has 0 aliphatic rings. The highest BCUT2D eigenvalue weighted by Gasteiger charge is 2.24. The molecule has 0 fully saturated rings. The fourth-order valence-corrected chi connectivity index (χ4v) is 1.51.